The highest BCUT2D eigenvalue weighted by Crippen LogP contribution is 2.21. The van der Waals surface area contributed by atoms with Crippen LogP contribution in [0, 0.1) is 0 Å². The van der Waals surface area contributed by atoms with Crippen LogP contribution in [0.5, 0.6) is 0 Å². The lowest BCUT2D eigenvalue weighted by atomic mass is 10.1. The number of hydrogen-bond donors (Lipinski definition) is 0. The van der Waals surface area contributed by atoms with E-state index < -0.39 is 0 Å². The highest BCUT2D eigenvalue weighted by Gasteiger charge is 2.14. The van der Waals surface area contributed by atoms with Crippen molar-refractivity contribution in [3.63, 3.8) is 0 Å². The van der Waals surface area contributed by atoms with Crippen molar-refractivity contribution in [1.82, 2.24) is 0 Å². The van der Waals surface area contributed by atoms with Gasteiger partial charge in [0, 0.05) is 18.3 Å². The number of carbonyl (C=O) groups is 1. The van der Waals surface area contributed by atoms with Crippen LogP contribution in [-0.4, -0.2) is 13.0 Å². The van der Waals surface area contributed by atoms with Crippen molar-refractivity contribution in [3.8, 4) is 0 Å². The summed E-state index contributed by atoms with van der Waals surface area (Å²) in [5, 5.41) is 0. The predicted octanol–water partition coefficient (Wildman–Crippen LogP) is 4.16. The molecule has 1 amide bonds. The van der Waals surface area contributed by atoms with E-state index >= 15 is 0 Å². The molecule has 2 rings (SSSR count). The SMILES string of the molecule is C.CCc1ccccc1N(C)C(=O)c1ccccc1. The molecule has 19 heavy (non-hydrogen) atoms. The third-order valence-electron chi connectivity index (χ3n) is 3.06. The van der Waals surface area contributed by atoms with Crippen LogP contribution in [0.1, 0.15) is 30.3 Å². The van der Waals surface area contributed by atoms with E-state index in [1.54, 1.807) is 4.90 Å². The normalized spacial score (nSPS) is 9.58. The zero-order valence-electron chi connectivity index (χ0n) is 10.8. The van der Waals surface area contributed by atoms with Crippen LogP contribution in [0.2, 0.25) is 0 Å². The van der Waals surface area contributed by atoms with Crippen molar-refractivity contribution in [2.75, 3.05) is 11.9 Å². The molecule has 0 aliphatic heterocycles. The van der Waals surface area contributed by atoms with Gasteiger partial charge in [0.2, 0.25) is 0 Å². The summed E-state index contributed by atoms with van der Waals surface area (Å²) < 4.78 is 0. The highest BCUT2D eigenvalue weighted by molar-refractivity contribution is 6.06. The van der Waals surface area contributed by atoms with Crippen LogP contribution < -0.4 is 4.90 Å². The zero-order chi connectivity index (χ0) is 13.0. The molecule has 0 fully saturated rings. The molecule has 0 aromatic heterocycles. The van der Waals surface area contributed by atoms with E-state index in [-0.39, 0.29) is 13.3 Å². The maximum absolute atomic E-state index is 12.3. The van der Waals surface area contributed by atoms with Gasteiger partial charge in [-0.15, -0.1) is 0 Å². The maximum atomic E-state index is 12.3. The number of anilines is 1. The molecule has 0 aliphatic carbocycles. The van der Waals surface area contributed by atoms with Gasteiger partial charge >= 0.3 is 0 Å². The average molecular weight is 255 g/mol. The fourth-order valence-electron chi connectivity index (χ4n) is 2.02. The van der Waals surface area contributed by atoms with Gasteiger partial charge in [0.1, 0.15) is 0 Å². The number of para-hydroxylation sites is 1. The zero-order valence-corrected chi connectivity index (χ0v) is 10.8. The summed E-state index contributed by atoms with van der Waals surface area (Å²) in [5.74, 6) is 0.0245. The van der Waals surface area contributed by atoms with Crippen molar-refractivity contribution in [2.45, 2.75) is 20.8 Å². The first-order chi connectivity index (χ1) is 8.74. The number of benzene rings is 2. The van der Waals surface area contributed by atoms with Gasteiger partial charge in [-0.1, -0.05) is 50.7 Å². The van der Waals surface area contributed by atoms with Crippen molar-refractivity contribution in [3.05, 3.63) is 65.7 Å². The van der Waals surface area contributed by atoms with Crippen molar-refractivity contribution in [2.24, 2.45) is 0 Å². The molecule has 2 aromatic rings. The van der Waals surface area contributed by atoms with Gasteiger partial charge in [0.05, 0.1) is 0 Å². The monoisotopic (exact) mass is 255 g/mol. The van der Waals surface area contributed by atoms with Crippen LogP contribution >= 0.6 is 0 Å². The largest absolute Gasteiger partial charge is 0.311 e. The molecule has 100 valence electrons. The van der Waals surface area contributed by atoms with Crippen LogP contribution in [-0.2, 0) is 6.42 Å². The molecule has 0 saturated carbocycles. The third kappa shape index (κ3) is 3.22. The summed E-state index contributed by atoms with van der Waals surface area (Å²) in [6.07, 6.45) is 0.919. The first-order valence-corrected chi connectivity index (χ1v) is 6.15. The van der Waals surface area contributed by atoms with Crippen LogP contribution in [0.4, 0.5) is 5.69 Å². The smallest absolute Gasteiger partial charge is 0.258 e. The maximum Gasteiger partial charge on any atom is 0.258 e. The number of aryl methyl sites for hydroxylation is 1. The summed E-state index contributed by atoms with van der Waals surface area (Å²) in [7, 11) is 1.82. The average Bonchev–Trinajstić information content (AvgIpc) is 2.46. The molecule has 0 saturated heterocycles. The van der Waals surface area contributed by atoms with Crippen LogP contribution in [0.15, 0.2) is 54.6 Å². The summed E-state index contributed by atoms with van der Waals surface area (Å²) in [4.78, 5) is 14.1. The minimum absolute atomic E-state index is 0. The second kappa shape index (κ2) is 6.74. The van der Waals surface area contributed by atoms with Gasteiger partial charge in [-0.3, -0.25) is 4.79 Å². The van der Waals surface area contributed by atoms with Crippen LogP contribution in [0.25, 0.3) is 0 Å². The van der Waals surface area contributed by atoms with Gasteiger partial charge in [-0.25, -0.2) is 0 Å². The molecule has 2 nitrogen and oxygen atoms in total. The predicted molar refractivity (Wildman–Crippen MR) is 81.7 cm³/mol. The van der Waals surface area contributed by atoms with Gasteiger partial charge in [0.25, 0.3) is 5.91 Å². The molecule has 0 atom stereocenters. The summed E-state index contributed by atoms with van der Waals surface area (Å²) >= 11 is 0. The Bertz CT molecular complexity index is 534. The third-order valence-corrected chi connectivity index (χ3v) is 3.06. The molecular weight excluding hydrogens is 234 g/mol. The minimum atomic E-state index is 0. The molecular formula is C17H21NO. The summed E-state index contributed by atoms with van der Waals surface area (Å²) in [5.41, 5.74) is 2.88. The topological polar surface area (TPSA) is 20.3 Å². The molecule has 2 heteroatoms. The molecule has 0 aliphatic rings. The summed E-state index contributed by atoms with van der Waals surface area (Å²) in [6, 6.07) is 17.4. The molecule has 0 N–H and O–H groups in total. The quantitative estimate of drug-likeness (QED) is 0.806. The van der Waals surface area contributed by atoms with Crippen LogP contribution in [0.3, 0.4) is 0 Å². The Morgan fingerprint density at radius 2 is 1.58 bits per heavy atom. The molecule has 0 spiro atoms. The first-order valence-electron chi connectivity index (χ1n) is 6.15. The lowest BCUT2D eigenvalue weighted by Gasteiger charge is -2.20. The molecule has 0 unspecified atom stereocenters. The van der Waals surface area contributed by atoms with E-state index in [1.165, 1.54) is 5.56 Å². The van der Waals surface area contributed by atoms with E-state index in [9.17, 15) is 4.79 Å². The number of nitrogens with zero attached hydrogens (tertiary/aromatic N) is 1. The van der Waals surface area contributed by atoms with E-state index in [4.69, 9.17) is 0 Å². The van der Waals surface area contributed by atoms with Gasteiger partial charge < -0.3 is 4.90 Å². The highest BCUT2D eigenvalue weighted by atomic mass is 16.2. The van der Waals surface area contributed by atoms with Crippen molar-refractivity contribution >= 4 is 11.6 Å². The summed E-state index contributed by atoms with van der Waals surface area (Å²) in [6.45, 7) is 2.10. The number of carbonyl (C=O) groups excluding carboxylic acids is 1. The molecule has 0 heterocycles. The number of rotatable bonds is 3. The van der Waals surface area contributed by atoms with Gasteiger partial charge in [0.15, 0.2) is 0 Å². The standard InChI is InChI=1S/C16H17NO.CH4/c1-3-13-9-7-8-12-15(13)17(2)16(18)14-10-5-4-6-11-14;/h4-12H,3H2,1-2H3;1H4. The lowest BCUT2D eigenvalue weighted by molar-refractivity contribution is 0.0993. The fraction of sp³-hybridized carbons (Fsp3) is 0.235. The lowest BCUT2D eigenvalue weighted by Crippen LogP contribution is -2.27. The van der Waals surface area contributed by atoms with Gasteiger partial charge in [-0.05, 0) is 30.2 Å². The van der Waals surface area contributed by atoms with E-state index in [0.29, 0.717) is 5.56 Å². The Kier molecular flexibility index (Phi) is 5.31. The Morgan fingerprint density at radius 1 is 1.00 bits per heavy atom. The Morgan fingerprint density at radius 3 is 2.21 bits per heavy atom. The van der Waals surface area contributed by atoms with E-state index in [1.807, 2.05) is 55.6 Å². The molecule has 0 bridgehead atoms. The van der Waals surface area contributed by atoms with E-state index in [0.717, 1.165) is 12.1 Å². The fourth-order valence-corrected chi connectivity index (χ4v) is 2.02. The second-order valence-electron chi connectivity index (χ2n) is 4.21. The Balaban J connectivity index is 0.00000180. The first kappa shape index (κ1) is 15.0. The second-order valence-corrected chi connectivity index (χ2v) is 4.21. The van der Waals surface area contributed by atoms with Crippen molar-refractivity contribution < 1.29 is 4.79 Å². The number of hydrogen-bond acceptors (Lipinski definition) is 1. The van der Waals surface area contributed by atoms with E-state index in [2.05, 4.69) is 13.0 Å². The van der Waals surface area contributed by atoms with Crippen molar-refractivity contribution in [1.29, 1.82) is 0 Å². The molecule has 0 radical (unpaired) electrons. The minimum Gasteiger partial charge on any atom is -0.311 e. The Labute approximate surface area is 115 Å². The Hall–Kier alpha value is -2.09. The molecule has 2 aromatic carbocycles. The van der Waals surface area contributed by atoms with Gasteiger partial charge in [-0.2, -0.15) is 0 Å². The number of amides is 1.